The summed E-state index contributed by atoms with van der Waals surface area (Å²) in [6.07, 6.45) is 0.946. The molecule has 0 bridgehead atoms. The summed E-state index contributed by atoms with van der Waals surface area (Å²) in [7, 11) is 0. The number of carbonyl (C=O) groups is 2. The van der Waals surface area contributed by atoms with Crippen LogP contribution in [-0.2, 0) is 14.3 Å². The van der Waals surface area contributed by atoms with E-state index in [1.165, 1.54) is 0 Å². The number of carboxylic acid groups (broad SMARTS) is 1. The highest BCUT2D eigenvalue weighted by atomic mass is 16.5. The van der Waals surface area contributed by atoms with Crippen LogP contribution in [0, 0.1) is 11.3 Å². The summed E-state index contributed by atoms with van der Waals surface area (Å²) in [5.74, 6) is -1.26. The lowest BCUT2D eigenvalue weighted by molar-refractivity contribution is -0.148. The Morgan fingerprint density at radius 2 is 1.79 bits per heavy atom. The maximum atomic E-state index is 11.8. The summed E-state index contributed by atoms with van der Waals surface area (Å²) in [6.45, 7) is 13.8. The van der Waals surface area contributed by atoms with Crippen molar-refractivity contribution in [2.45, 2.75) is 60.0 Å². The van der Waals surface area contributed by atoms with Crippen molar-refractivity contribution in [1.82, 2.24) is 0 Å². The number of rotatable bonds is 7. The van der Waals surface area contributed by atoms with Crippen LogP contribution in [0.3, 0.4) is 0 Å². The summed E-state index contributed by atoms with van der Waals surface area (Å²) in [6, 6.07) is 0. The molecule has 0 aliphatic rings. The number of carbonyl (C=O) groups excluding carboxylic acids is 1. The molecule has 0 spiro atoms. The monoisotopic (exact) mass is 270 g/mol. The minimum Gasteiger partial charge on any atom is -0.481 e. The third-order valence-corrected chi connectivity index (χ3v) is 2.50. The van der Waals surface area contributed by atoms with E-state index >= 15 is 0 Å². The van der Waals surface area contributed by atoms with E-state index in [0.717, 1.165) is 12.8 Å². The maximum absolute atomic E-state index is 11.8. The molecular weight excluding hydrogens is 244 g/mol. The molecule has 1 atom stereocenters. The van der Waals surface area contributed by atoms with E-state index in [1.54, 1.807) is 0 Å². The highest BCUT2D eigenvalue weighted by Gasteiger charge is 2.24. The van der Waals surface area contributed by atoms with E-state index in [1.807, 2.05) is 0 Å². The molecule has 0 aliphatic carbocycles. The Hall–Kier alpha value is -1.32. The van der Waals surface area contributed by atoms with Crippen LogP contribution in [0.1, 0.15) is 53.9 Å². The number of carboxylic acids is 1. The first kappa shape index (κ1) is 17.7. The maximum Gasteiger partial charge on any atom is 0.334 e. The lowest BCUT2D eigenvalue weighted by Gasteiger charge is -2.27. The number of ether oxygens (including phenoxy) is 1. The fraction of sp³-hybridized carbons (Fsp3) is 0.733. The minimum atomic E-state index is -1.07. The SMILES string of the molecule is C=C(CC(=O)O)C(=O)OC(CC(C)C)CC(C)(C)C. The molecule has 0 heterocycles. The van der Waals surface area contributed by atoms with Crippen molar-refractivity contribution >= 4 is 11.9 Å². The molecule has 0 aliphatic heterocycles. The van der Waals surface area contributed by atoms with E-state index in [9.17, 15) is 9.59 Å². The molecule has 4 nitrogen and oxygen atoms in total. The summed E-state index contributed by atoms with van der Waals surface area (Å²) >= 11 is 0. The zero-order chi connectivity index (χ0) is 15.2. The number of aliphatic carboxylic acids is 1. The van der Waals surface area contributed by atoms with Gasteiger partial charge in [-0.1, -0.05) is 41.2 Å². The third kappa shape index (κ3) is 9.28. The van der Waals surface area contributed by atoms with Gasteiger partial charge in [0.1, 0.15) is 6.10 Å². The Balaban J connectivity index is 4.58. The van der Waals surface area contributed by atoms with Gasteiger partial charge in [0.05, 0.1) is 6.42 Å². The second-order valence-electron chi connectivity index (χ2n) is 6.60. The topological polar surface area (TPSA) is 63.6 Å². The summed E-state index contributed by atoms with van der Waals surface area (Å²) in [5, 5.41) is 8.63. The second kappa shape index (κ2) is 7.31. The van der Waals surface area contributed by atoms with Crippen LogP contribution >= 0.6 is 0 Å². The van der Waals surface area contributed by atoms with Crippen LogP contribution in [0.2, 0.25) is 0 Å². The molecule has 1 N–H and O–H groups in total. The molecule has 0 fully saturated rings. The van der Waals surface area contributed by atoms with Gasteiger partial charge < -0.3 is 9.84 Å². The van der Waals surface area contributed by atoms with Gasteiger partial charge in [0.15, 0.2) is 0 Å². The molecular formula is C15H26O4. The lowest BCUT2D eigenvalue weighted by atomic mass is 9.86. The number of hydrogen-bond acceptors (Lipinski definition) is 3. The van der Waals surface area contributed by atoms with Gasteiger partial charge in [0.2, 0.25) is 0 Å². The molecule has 19 heavy (non-hydrogen) atoms. The first-order valence-electron chi connectivity index (χ1n) is 6.62. The number of hydrogen-bond donors (Lipinski definition) is 1. The van der Waals surface area contributed by atoms with Gasteiger partial charge >= 0.3 is 11.9 Å². The lowest BCUT2D eigenvalue weighted by Crippen LogP contribution is -2.26. The molecule has 0 rings (SSSR count). The highest BCUT2D eigenvalue weighted by Crippen LogP contribution is 2.26. The fourth-order valence-electron chi connectivity index (χ4n) is 1.87. The van der Waals surface area contributed by atoms with Crippen molar-refractivity contribution in [2.24, 2.45) is 11.3 Å². The van der Waals surface area contributed by atoms with Crippen LogP contribution in [0.15, 0.2) is 12.2 Å². The molecule has 110 valence electrons. The Morgan fingerprint density at radius 1 is 1.26 bits per heavy atom. The van der Waals surface area contributed by atoms with Crippen LogP contribution in [0.4, 0.5) is 0 Å². The fourth-order valence-corrected chi connectivity index (χ4v) is 1.87. The Morgan fingerprint density at radius 3 is 2.16 bits per heavy atom. The van der Waals surface area contributed by atoms with E-state index < -0.39 is 11.9 Å². The molecule has 0 aromatic rings. The molecule has 0 aromatic heterocycles. The van der Waals surface area contributed by atoms with E-state index in [-0.39, 0.29) is 23.5 Å². The molecule has 0 amide bonds. The van der Waals surface area contributed by atoms with E-state index in [0.29, 0.717) is 5.92 Å². The van der Waals surface area contributed by atoms with Crippen LogP contribution < -0.4 is 0 Å². The van der Waals surface area contributed by atoms with E-state index in [2.05, 4.69) is 41.2 Å². The normalized spacial score (nSPS) is 13.2. The van der Waals surface area contributed by atoms with Crippen molar-refractivity contribution in [3.05, 3.63) is 12.2 Å². The van der Waals surface area contributed by atoms with Crippen molar-refractivity contribution in [3.8, 4) is 0 Å². The largest absolute Gasteiger partial charge is 0.481 e. The molecule has 1 unspecified atom stereocenters. The molecule has 4 heteroatoms. The zero-order valence-electron chi connectivity index (χ0n) is 12.7. The standard InChI is InChI=1S/C15H26O4/c1-10(2)7-12(9-15(4,5)6)19-14(18)11(3)8-13(16)17/h10,12H,3,7-9H2,1-2,4-6H3,(H,16,17). The average molecular weight is 270 g/mol. The van der Waals surface area contributed by atoms with E-state index in [4.69, 9.17) is 9.84 Å². The summed E-state index contributed by atoms with van der Waals surface area (Å²) < 4.78 is 5.40. The van der Waals surface area contributed by atoms with Gasteiger partial charge in [-0.2, -0.15) is 0 Å². The van der Waals surface area contributed by atoms with Gasteiger partial charge in [-0.3, -0.25) is 4.79 Å². The Kier molecular flexibility index (Phi) is 6.81. The van der Waals surface area contributed by atoms with Gasteiger partial charge in [-0.05, 0) is 24.2 Å². The Bertz CT molecular complexity index is 337. The minimum absolute atomic E-state index is 0.00448. The molecule has 0 saturated carbocycles. The van der Waals surface area contributed by atoms with Crippen molar-refractivity contribution in [3.63, 3.8) is 0 Å². The first-order chi connectivity index (χ1) is 8.51. The van der Waals surface area contributed by atoms with Crippen LogP contribution in [-0.4, -0.2) is 23.1 Å². The van der Waals surface area contributed by atoms with Crippen LogP contribution in [0.5, 0.6) is 0 Å². The van der Waals surface area contributed by atoms with Crippen molar-refractivity contribution in [2.75, 3.05) is 0 Å². The van der Waals surface area contributed by atoms with Crippen molar-refractivity contribution < 1.29 is 19.4 Å². The molecule has 0 radical (unpaired) electrons. The highest BCUT2D eigenvalue weighted by molar-refractivity contribution is 5.92. The van der Waals surface area contributed by atoms with Gasteiger partial charge in [0.25, 0.3) is 0 Å². The van der Waals surface area contributed by atoms with Crippen LogP contribution in [0.25, 0.3) is 0 Å². The quantitative estimate of drug-likeness (QED) is 0.569. The smallest absolute Gasteiger partial charge is 0.334 e. The second-order valence-corrected chi connectivity index (χ2v) is 6.60. The van der Waals surface area contributed by atoms with Gasteiger partial charge in [0, 0.05) is 5.57 Å². The predicted octanol–water partition coefficient (Wildman–Crippen LogP) is 3.41. The van der Waals surface area contributed by atoms with Gasteiger partial charge in [-0.25, -0.2) is 4.79 Å². The summed E-state index contributed by atoms with van der Waals surface area (Å²) in [4.78, 5) is 22.3. The Labute approximate surface area is 115 Å². The first-order valence-corrected chi connectivity index (χ1v) is 6.62. The molecule has 0 saturated heterocycles. The average Bonchev–Trinajstić information content (AvgIpc) is 2.11. The zero-order valence-corrected chi connectivity index (χ0v) is 12.7. The number of esters is 1. The van der Waals surface area contributed by atoms with Gasteiger partial charge in [-0.15, -0.1) is 0 Å². The summed E-state index contributed by atoms with van der Waals surface area (Å²) in [5.41, 5.74) is 0.0451. The predicted molar refractivity (Wildman–Crippen MR) is 74.8 cm³/mol. The third-order valence-electron chi connectivity index (χ3n) is 2.50. The molecule has 0 aromatic carbocycles. The van der Waals surface area contributed by atoms with Crippen molar-refractivity contribution in [1.29, 1.82) is 0 Å².